The minimum Gasteiger partial charge on any atom is -0.363 e. The second kappa shape index (κ2) is 9.11. The number of thiocarbonyl (C=S) groups is 2. The second-order valence-electron chi connectivity index (χ2n) is 13.2. The van der Waals surface area contributed by atoms with Gasteiger partial charge in [0.05, 0.1) is 0 Å². The van der Waals surface area contributed by atoms with E-state index in [9.17, 15) is 0 Å². The minimum atomic E-state index is 0.322. The molecule has 4 nitrogen and oxygen atoms in total. The maximum Gasteiger partial charge on any atom is 0.166 e. The first-order chi connectivity index (χ1) is 16.0. The summed E-state index contributed by atoms with van der Waals surface area (Å²) in [6.07, 6.45) is 20.5. The van der Waals surface area contributed by atoms with Crippen LogP contribution in [0.1, 0.15) is 96.3 Å². The Hall–Kier alpha value is -0.620. The van der Waals surface area contributed by atoms with Gasteiger partial charge < -0.3 is 21.3 Å². The SMILES string of the molecule is S=C(NCCCCCNC(=S)NC12CC3CC(CC(C3)C1)C2)NC12CC3CC(CC(C3)C1)C2. The van der Waals surface area contributed by atoms with Crippen molar-refractivity contribution in [2.45, 2.75) is 107 Å². The molecule has 8 aliphatic carbocycles. The molecule has 8 rings (SSSR count). The fourth-order valence-corrected chi connectivity index (χ4v) is 10.6. The van der Waals surface area contributed by atoms with Gasteiger partial charge in [0.25, 0.3) is 0 Å². The second-order valence-corrected chi connectivity index (χ2v) is 14.0. The van der Waals surface area contributed by atoms with E-state index in [1.54, 1.807) is 0 Å². The summed E-state index contributed by atoms with van der Waals surface area (Å²) in [6.45, 7) is 1.96. The van der Waals surface area contributed by atoms with Gasteiger partial charge in [-0.25, -0.2) is 0 Å². The first-order valence-corrected chi connectivity index (χ1v) is 14.9. The van der Waals surface area contributed by atoms with Crippen LogP contribution in [0, 0.1) is 35.5 Å². The Balaban J connectivity index is 0.839. The summed E-state index contributed by atoms with van der Waals surface area (Å²) < 4.78 is 0. The average Bonchev–Trinajstić information content (AvgIpc) is 2.70. The highest BCUT2D eigenvalue weighted by Gasteiger charge is 2.52. The van der Waals surface area contributed by atoms with Gasteiger partial charge in [-0.1, -0.05) is 0 Å². The predicted molar refractivity (Wildman–Crippen MR) is 143 cm³/mol. The molecule has 184 valence electrons. The monoisotopic (exact) mass is 488 g/mol. The molecule has 0 aromatic heterocycles. The van der Waals surface area contributed by atoms with Gasteiger partial charge in [0, 0.05) is 24.2 Å². The standard InChI is InChI=1S/C27H44N4S2/c32-24(30-26-12-18-6-19(13-26)8-20(7-18)14-26)28-4-2-1-3-5-29-25(33)31-27-15-21-9-22(16-27)11-23(10-21)17-27/h18-23H,1-17H2,(H2,28,30,32)(H2,29,31,33). The maximum atomic E-state index is 5.69. The van der Waals surface area contributed by atoms with Gasteiger partial charge >= 0.3 is 0 Å². The normalized spacial score (nSPS) is 44.0. The van der Waals surface area contributed by atoms with E-state index in [1.165, 1.54) is 96.3 Å². The van der Waals surface area contributed by atoms with Gasteiger partial charge in [-0.2, -0.15) is 0 Å². The molecule has 0 aliphatic heterocycles. The topological polar surface area (TPSA) is 48.1 Å². The van der Waals surface area contributed by atoms with E-state index in [0.717, 1.165) is 58.8 Å². The van der Waals surface area contributed by atoms with Crippen molar-refractivity contribution >= 4 is 34.7 Å². The molecule has 0 saturated heterocycles. The van der Waals surface area contributed by atoms with E-state index in [-0.39, 0.29) is 0 Å². The maximum absolute atomic E-state index is 5.69. The van der Waals surface area contributed by atoms with E-state index in [0.29, 0.717) is 11.1 Å². The third-order valence-electron chi connectivity index (χ3n) is 10.3. The molecule has 0 aromatic carbocycles. The molecule has 33 heavy (non-hydrogen) atoms. The number of nitrogens with one attached hydrogen (secondary N) is 4. The van der Waals surface area contributed by atoms with Gasteiger partial charge in [0.2, 0.25) is 0 Å². The summed E-state index contributed by atoms with van der Waals surface area (Å²) in [7, 11) is 0. The zero-order valence-corrected chi connectivity index (χ0v) is 21.9. The number of unbranched alkanes of at least 4 members (excludes halogenated alkanes) is 2. The zero-order chi connectivity index (χ0) is 22.5. The van der Waals surface area contributed by atoms with Gasteiger partial charge in [0.1, 0.15) is 0 Å². The molecule has 8 aliphatic rings. The number of hydrogen-bond acceptors (Lipinski definition) is 2. The molecule has 0 radical (unpaired) electrons. The van der Waals surface area contributed by atoms with Crippen molar-refractivity contribution in [3.05, 3.63) is 0 Å². The lowest BCUT2D eigenvalue weighted by molar-refractivity contribution is -0.0103. The molecule has 0 amide bonds. The average molecular weight is 489 g/mol. The lowest BCUT2D eigenvalue weighted by Crippen LogP contribution is -2.61. The van der Waals surface area contributed by atoms with Crippen molar-refractivity contribution in [1.29, 1.82) is 0 Å². The van der Waals surface area contributed by atoms with Crippen molar-refractivity contribution in [3.63, 3.8) is 0 Å². The van der Waals surface area contributed by atoms with Crippen molar-refractivity contribution in [2.24, 2.45) is 35.5 Å². The lowest BCUT2D eigenvalue weighted by atomic mass is 9.53. The minimum absolute atomic E-state index is 0.322. The Morgan fingerprint density at radius 3 is 1.12 bits per heavy atom. The van der Waals surface area contributed by atoms with Crippen LogP contribution >= 0.6 is 24.4 Å². The molecule has 4 N–H and O–H groups in total. The number of hydrogen-bond donors (Lipinski definition) is 4. The van der Waals surface area contributed by atoms with E-state index in [4.69, 9.17) is 24.4 Å². The quantitative estimate of drug-likeness (QED) is 0.284. The van der Waals surface area contributed by atoms with Crippen LogP contribution in [0.4, 0.5) is 0 Å². The summed E-state index contributed by atoms with van der Waals surface area (Å²) in [5.74, 6) is 5.76. The smallest absolute Gasteiger partial charge is 0.166 e. The molecule has 0 spiro atoms. The highest BCUT2D eigenvalue weighted by molar-refractivity contribution is 7.80. The van der Waals surface area contributed by atoms with E-state index in [2.05, 4.69) is 21.3 Å². The summed E-state index contributed by atoms with van der Waals surface area (Å²) in [6, 6.07) is 0. The van der Waals surface area contributed by atoms with Crippen LogP contribution in [-0.4, -0.2) is 34.4 Å². The predicted octanol–water partition coefficient (Wildman–Crippen LogP) is 5.02. The highest BCUT2D eigenvalue weighted by Crippen LogP contribution is 2.56. The van der Waals surface area contributed by atoms with Crippen LogP contribution in [0.2, 0.25) is 0 Å². The Morgan fingerprint density at radius 1 is 0.515 bits per heavy atom. The third kappa shape index (κ3) is 5.03. The van der Waals surface area contributed by atoms with Crippen LogP contribution in [-0.2, 0) is 0 Å². The molecule has 8 saturated carbocycles. The largest absolute Gasteiger partial charge is 0.363 e. The molecule has 0 aromatic rings. The van der Waals surface area contributed by atoms with Crippen LogP contribution < -0.4 is 21.3 Å². The van der Waals surface area contributed by atoms with Crippen molar-refractivity contribution in [1.82, 2.24) is 21.3 Å². The highest BCUT2D eigenvalue weighted by atomic mass is 32.1. The Labute approximate surface area is 211 Å². The van der Waals surface area contributed by atoms with E-state index < -0.39 is 0 Å². The molecule has 0 heterocycles. The summed E-state index contributed by atoms with van der Waals surface area (Å²) in [5.41, 5.74) is 0.643. The van der Waals surface area contributed by atoms with Crippen LogP contribution in [0.5, 0.6) is 0 Å². The summed E-state index contributed by atoms with van der Waals surface area (Å²) in [4.78, 5) is 0. The zero-order valence-electron chi connectivity index (χ0n) is 20.3. The first-order valence-electron chi connectivity index (χ1n) is 14.1. The molecular formula is C27H44N4S2. The van der Waals surface area contributed by atoms with Crippen LogP contribution in [0.25, 0.3) is 0 Å². The molecule has 8 bridgehead atoms. The number of rotatable bonds is 8. The van der Waals surface area contributed by atoms with Gasteiger partial charge in [-0.15, -0.1) is 0 Å². The Morgan fingerprint density at radius 2 is 0.818 bits per heavy atom. The molecule has 0 atom stereocenters. The van der Waals surface area contributed by atoms with Crippen molar-refractivity contribution < 1.29 is 0 Å². The van der Waals surface area contributed by atoms with E-state index >= 15 is 0 Å². The first kappa shape index (κ1) is 22.8. The molecular weight excluding hydrogens is 444 g/mol. The Bertz CT molecular complexity index is 633. The molecule has 8 fully saturated rings. The van der Waals surface area contributed by atoms with Gasteiger partial charge in [0.15, 0.2) is 10.2 Å². The summed E-state index contributed by atoms with van der Waals surface area (Å²) in [5, 5.41) is 16.4. The fourth-order valence-electron chi connectivity index (χ4n) is 9.93. The van der Waals surface area contributed by atoms with Crippen LogP contribution in [0.15, 0.2) is 0 Å². The third-order valence-corrected chi connectivity index (χ3v) is 10.8. The fraction of sp³-hybridized carbons (Fsp3) is 0.926. The van der Waals surface area contributed by atoms with Crippen molar-refractivity contribution in [3.8, 4) is 0 Å². The summed E-state index contributed by atoms with van der Waals surface area (Å²) >= 11 is 11.4. The van der Waals surface area contributed by atoms with Gasteiger partial charge in [-0.05, 0) is 156 Å². The van der Waals surface area contributed by atoms with E-state index in [1.807, 2.05) is 0 Å². The Kier molecular flexibility index (Phi) is 6.30. The van der Waals surface area contributed by atoms with Gasteiger partial charge in [-0.3, -0.25) is 0 Å². The lowest BCUT2D eigenvalue weighted by Gasteiger charge is -2.57. The van der Waals surface area contributed by atoms with Crippen LogP contribution in [0.3, 0.4) is 0 Å². The molecule has 0 unspecified atom stereocenters. The van der Waals surface area contributed by atoms with Crippen molar-refractivity contribution in [2.75, 3.05) is 13.1 Å². The molecule has 6 heteroatoms.